The molecule has 166 valence electrons. The number of hydrogen-bond donors (Lipinski definition) is 2. The summed E-state index contributed by atoms with van der Waals surface area (Å²) in [5, 5.41) is 10.3. The standard InChI is InChI=1S/C22H30N6OS2/c1-22(2)9-16-17(11-29-22)31-20-18(16)19(24-13-5-7-15(8-6-13)28(3)4)26-21(27-20)25-14-10-23-30-12-14/h10,12-13,15H,5-9,11H2,1-4H3,(H2,24,25,26,27). The number of nitrogens with zero attached hydrogens (tertiary/aromatic N) is 4. The van der Waals surface area contributed by atoms with Gasteiger partial charge in [-0.25, -0.2) is 4.98 Å². The highest BCUT2D eigenvalue weighted by atomic mass is 32.1. The van der Waals surface area contributed by atoms with Crippen LogP contribution in [0.1, 0.15) is 50.0 Å². The molecule has 0 amide bonds. The highest BCUT2D eigenvalue weighted by molar-refractivity contribution is 7.19. The van der Waals surface area contributed by atoms with Crippen LogP contribution in [0.25, 0.3) is 10.2 Å². The Labute approximate surface area is 191 Å². The van der Waals surface area contributed by atoms with E-state index in [0.717, 1.165) is 35.6 Å². The second kappa shape index (κ2) is 8.27. The topological polar surface area (TPSA) is 75.2 Å². The van der Waals surface area contributed by atoms with Crippen LogP contribution in [0.5, 0.6) is 0 Å². The number of nitrogens with one attached hydrogen (secondary N) is 2. The Hall–Kier alpha value is -1.81. The molecule has 3 aromatic rings. The molecule has 0 saturated heterocycles. The molecule has 2 N–H and O–H groups in total. The van der Waals surface area contributed by atoms with E-state index in [-0.39, 0.29) is 5.60 Å². The van der Waals surface area contributed by atoms with Gasteiger partial charge in [0.25, 0.3) is 0 Å². The fourth-order valence-corrected chi connectivity index (χ4v) is 6.20. The van der Waals surface area contributed by atoms with Crippen molar-refractivity contribution in [1.29, 1.82) is 0 Å². The van der Waals surface area contributed by atoms with Gasteiger partial charge >= 0.3 is 0 Å². The molecule has 1 aliphatic heterocycles. The highest BCUT2D eigenvalue weighted by Gasteiger charge is 2.32. The zero-order valence-corrected chi connectivity index (χ0v) is 20.2. The van der Waals surface area contributed by atoms with E-state index in [1.54, 1.807) is 11.3 Å². The third kappa shape index (κ3) is 4.41. The highest BCUT2D eigenvalue weighted by Crippen LogP contribution is 2.42. The molecule has 1 saturated carbocycles. The number of aromatic nitrogens is 3. The molecule has 0 aromatic carbocycles. The summed E-state index contributed by atoms with van der Waals surface area (Å²) in [6.45, 7) is 4.97. The SMILES string of the molecule is CN(C)C1CCC(Nc2nc(Nc3cnsc3)nc3sc4c(c23)CC(C)(C)OC4)CC1. The maximum absolute atomic E-state index is 6.08. The molecule has 1 fully saturated rings. The Kier molecular flexibility index (Phi) is 5.62. The van der Waals surface area contributed by atoms with E-state index < -0.39 is 0 Å². The van der Waals surface area contributed by atoms with Gasteiger partial charge < -0.3 is 20.3 Å². The molecule has 0 bridgehead atoms. The number of hydrogen-bond acceptors (Lipinski definition) is 9. The molecule has 2 aliphatic rings. The summed E-state index contributed by atoms with van der Waals surface area (Å²) in [7, 11) is 4.37. The van der Waals surface area contributed by atoms with Gasteiger partial charge in [0.15, 0.2) is 0 Å². The van der Waals surface area contributed by atoms with Crippen LogP contribution in [0, 0.1) is 0 Å². The van der Waals surface area contributed by atoms with Crippen molar-refractivity contribution in [2.45, 2.75) is 70.2 Å². The first kappa shape index (κ1) is 21.1. The first-order valence-corrected chi connectivity index (χ1v) is 12.6. The van der Waals surface area contributed by atoms with Crippen molar-refractivity contribution in [1.82, 2.24) is 19.2 Å². The Morgan fingerprint density at radius 1 is 1.16 bits per heavy atom. The number of fused-ring (bicyclic) bond motifs is 3. The van der Waals surface area contributed by atoms with Crippen molar-refractivity contribution >= 4 is 50.5 Å². The van der Waals surface area contributed by atoms with Crippen LogP contribution in [0.2, 0.25) is 0 Å². The Balaban J connectivity index is 1.50. The predicted molar refractivity (Wildman–Crippen MR) is 129 cm³/mol. The molecule has 3 aromatic heterocycles. The molecule has 0 spiro atoms. The summed E-state index contributed by atoms with van der Waals surface area (Å²) in [5.41, 5.74) is 2.11. The first-order chi connectivity index (χ1) is 14.9. The predicted octanol–water partition coefficient (Wildman–Crippen LogP) is 5.03. The van der Waals surface area contributed by atoms with Crippen LogP contribution >= 0.6 is 22.9 Å². The molecule has 5 rings (SSSR count). The van der Waals surface area contributed by atoms with Crippen LogP contribution in [0.3, 0.4) is 0 Å². The van der Waals surface area contributed by atoms with Crippen molar-refractivity contribution < 1.29 is 4.74 Å². The van der Waals surface area contributed by atoms with Crippen molar-refractivity contribution in [3.05, 3.63) is 22.0 Å². The second-order valence-corrected chi connectivity index (χ2v) is 11.2. The van der Waals surface area contributed by atoms with Crippen molar-refractivity contribution in [2.24, 2.45) is 0 Å². The lowest BCUT2D eigenvalue weighted by Crippen LogP contribution is -2.36. The summed E-state index contributed by atoms with van der Waals surface area (Å²) in [6, 6.07) is 1.12. The van der Waals surface area contributed by atoms with Gasteiger partial charge in [0.05, 0.1) is 29.5 Å². The third-order valence-corrected chi connectivity index (χ3v) is 8.07. The lowest BCUT2D eigenvalue weighted by molar-refractivity contribution is -0.0379. The summed E-state index contributed by atoms with van der Waals surface area (Å²) in [6.07, 6.45) is 7.44. The fraction of sp³-hybridized carbons (Fsp3) is 0.591. The van der Waals surface area contributed by atoms with Crippen LogP contribution in [-0.4, -0.2) is 51.0 Å². The third-order valence-electron chi connectivity index (χ3n) is 6.39. The molecule has 0 radical (unpaired) electrons. The maximum Gasteiger partial charge on any atom is 0.230 e. The lowest BCUT2D eigenvalue weighted by atomic mass is 9.90. The van der Waals surface area contributed by atoms with Crippen molar-refractivity contribution in [3.8, 4) is 0 Å². The number of ether oxygens (including phenoxy) is 1. The minimum Gasteiger partial charge on any atom is -0.370 e. The van der Waals surface area contributed by atoms with E-state index in [0.29, 0.717) is 24.6 Å². The monoisotopic (exact) mass is 458 g/mol. The quantitative estimate of drug-likeness (QED) is 0.555. The minimum atomic E-state index is -0.165. The van der Waals surface area contributed by atoms with Crippen LogP contribution in [0.4, 0.5) is 17.5 Å². The average Bonchev–Trinajstić information content (AvgIpc) is 3.35. The molecular weight excluding hydrogens is 428 g/mol. The van der Waals surface area contributed by atoms with Gasteiger partial charge in [-0.2, -0.15) is 9.36 Å². The van der Waals surface area contributed by atoms with Gasteiger partial charge in [-0.3, -0.25) is 0 Å². The van der Waals surface area contributed by atoms with Crippen LogP contribution in [-0.2, 0) is 17.8 Å². The largest absolute Gasteiger partial charge is 0.370 e. The Bertz CT molecular complexity index is 1050. The van der Waals surface area contributed by atoms with E-state index in [9.17, 15) is 0 Å². The number of anilines is 3. The lowest BCUT2D eigenvalue weighted by Gasteiger charge is -2.33. The Morgan fingerprint density at radius 3 is 2.68 bits per heavy atom. The molecule has 1 aliphatic carbocycles. The molecular formula is C22H30N6OS2. The maximum atomic E-state index is 6.08. The summed E-state index contributed by atoms with van der Waals surface area (Å²) in [5.74, 6) is 1.58. The normalized spacial score (nSPS) is 23.1. The van der Waals surface area contributed by atoms with E-state index in [2.05, 4.69) is 47.8 Å². The molecule has 4 heterocycles. The zero-order valence-electron chi connectivity index (χ0n) is 18.6. The fourth-order valence-electron chi connectivity index (χ4n) is 4.63. The van der Waals surface area contributed by atoms with Crippen molar-refractivity contribution in [3.63, 3.8) is 0 Å². The second-order valence-electron chi connectivity index (χ2n) is 9.46. The van der Waals surface area contributed by atoms with Gasteiger partial charge in [-0.05, 0) is 70.7 Å². The first-order valence-electron chi connectivity index (χ1n) is 10.9. The smallest absolute Gasteiger partial charge is 0.230 e. The van der Waals surface area contributed by atoms with Gasteiger partial charge in [0.2, 0.25) is 5.95 Å². The number of rotatable bonds is 5. The van der Waals surface area contributed by atoms with Gasteiger partial charge in [0.1, 0.15) is 10.6 Å². The average molecular weight is 459 g/mol. The van der Waals surface area contributed by atoms with Gasteiger partial charge in [0, 0.05) is 28.8 Å². The summed E-state index contributed by atoms with van der Waals surface area (Å²) in [4.78, 5) is 14.5. The van der Waals surface area contributed by atoms with Crippen LogP contribution in [0.15, 0.2) is 11.6 Å². The van der Waals surface area contributed by atoms with E-state index in [1.807, 2.05) is 11.6 Å². The van der Waals surface area contributed by atoms with E-state index in [4.69, 9.17) is 14.7 Å². The van der Waals surface area contributed by atoms with Gasteiger partial charge in [-0.15, -0.1) is 11.3 Å². The molecule has 7 nitrogen and oxygen atoms in total. The van der Waals surface area contributed by atoms with Crippen molar-refractivity contribution in [2.75, 3.05) is 24.7 Å². The molecule has 9 heteroatoms. The Morgan fingerprint density at radius 2 is 1.97 bits per heavy atom. The van der Waals surface area contributed by atoms with E-state index in [1.165, 1.54) is 40.2 Å². The number of thiophene rings is 1. The molecule has 0 atom stereocenters. The van der Waals surface area contributed by atoms with Crippen LogP contribution < -0.4 is 10.6 Å². The molecule has 0 unspecified atom stereocenters. The van der Waals surface area contributed by atoms with E-state index >= 15 is 0 Å². The zero-order chi connectivity index (χ0) is 21.6. The summed E-state index contributed by atoms with van der Waals surface area (Å²) >= 11 is 3.15. The minimum absolute atomic E-state index is 0.165. The van der Waals surface area contributed by atoms with Gasteiger partial charge in [-0.1, -0.05) is 0 Å². The summed E-state index contributed by atoms with van der Waals surface area (Å²) < 4.78 is 10.3. The molecule has 31 heavy (non-hydrogen) atoms.